The molecule has 2 N–H and O–H groups in total. The molecule has 20 heavy (non-hydrogen) atoms. The van der Waals surface area contributed by atoms with Crippen molar-refractivity contribution < 1.29 is 29.3 Å². The highest BCUT2D eigenvalue weighted by molar-refractivity contribution is 5.89. The number of carbonyl (C=O) groups is 2. The van der Waals surface area contributed by atoms with Gasteiger partial charge in [-0.25, -0.2) is 0 Å². The van der Waals surface area contributed by atoms with Gasteiger partial charge in [-0.05, 0) is 24.7 Å². The van der Waals surface area contributed by atoms with E-state index in [4.69, 9.17) is 9.47 Å². The van der Waals surface area contributed by atoms with Crippen LogP contribution in [-0.4, -0.2) is 53.0 Å². The summed E-state index contributed by atoms with van der Waals surface area (Å²) in [5.41, 5.74) is -1.78. The second kappa shape index (κ2) is 3.43. The first-order valence-corrected chi connectivity index (χ1v) is 7.07. The molecule has 4 rings (SSSR count). The summed E-state index contributed by atoms with van der Waals surface area (Å²) in [7, 11) is 0. The van der Waals surface area contributed by atoms with Gasteiger partial charge in [-0.15, -0.1) is 0 Å². The van der Waals surface area contributed by atoms with E-state index in [9.17, 15) is 19.8 Å². The molecule has 0 aromatic heterocycles. The topological polar surface area (TPSA) is 93.1 Å². The summed E-state index contributed by atoms with van der Waals surface area (Å²) in [6.45, 7) is 1.84. The van der Waals surface area contributed by atoms with Crippen LogP contribution in [0.3, 0.4) is 0 Å². The van der Waals surface area contributed by atoms with Crippen molar-refractivity contribution in [2.45, 2.75) is 44.0 Å². The van der Waals surface area contributed by atoms with E-state index in [1.165, 1.54) is 0 Å². The molecule has 1 heterocycles. The number of ketones is 1. The van der Waals surface area contributed by atoms with E-state index in [0.717, 1.165) is 19.3 Å². The molecule has 0 spiro atoms. The Morgan fingerprint density at radius 1 is 1.50 bits per heavy atom. The van der Waals surface area contributed by atoms with Gasteiger partial charge >= 0.3 is 5.97 Å². The number of aliphatic hydroxyl groups is 2. The predicted octanol–water partition coefficient (Wildman–Crippen LogP) is -0.591. The van der Waals surface area contributed by atoms with E-state index >= 15 is 0 Å². The Labute approximate surface area is 116 Å². The zero-order valence-electron chi connectivity index (χ0n) is 11.3. The summed E-state index contributed by atoms with van der Waals surface area (Å²) in [6.07, 6.45) is 0.876. The third kappa shape index (κ3) is 1.25. The van der Waals surface area contributed by atoms with E-state index in [1.54, 1.807) is 0 Å². The van der Waals surface area contributed by atoms with Crippen LogP contribution in [0.25, 0.3) is 0 Å². The Bertz CT molecular complexity index is 518. The second-order valence-corrected chi connectivity index (χ2v) is 6.99. The molecule has 6 heteroatoms. The number of rotatable bonds is 3. The minimum absolute atomic E-state index is 0.103. The number of ether oxygens (including phenoxy) is 2. The monoisotopic (exact) mass is 282 g/mol. The van der Waals surface area contributed by atoms with Crippen LogP contribution in [0.1, 0.15) is 26.2 Å². The molecule has 4 fully saturated rings. The van der Waals surface area contributed by atoms with Crippen molar-refractivity contribution in [3.05, 3.63) is 0 Å². The average molecular weight is 282 g/mol. The highest BCUT2D eigenvalue weighted by atomic mass is 16.6. The first-order chi connectivity index (χ1) is 9.35. The normalized spacial score (nSPS) is 55.4. The van der Waals surface area contributed by atoms with Crippen LogP contribution in [0.5, 0.6) is 0 Å². The van der Waals surface area contributed by atoms with Gasteiger partial charge in [0, 0.05) is 0 Å². The molecule has 1 aliphatic heterocycles. The lowest BCUT2D eigenvalue weighted by Crippen LogP contribution is -2.46. The van der Waals surface area contributed by atoms with Crippen molar-refractivity contribution >= 4 is 11.8 Å². The molecule has 0 aromatic rings. The van der Waals surface area contributed by atoms with Gasteiger partial charge in [-0.3, -0.25) is 9.59 Å². The summed E-state index contributed by atoms with van der Waals surface area (Å²) >= 11 is 0. The second-order valence-electron chi connectivity index (χ2n) is 6.99. The standard InChI is InChI=1S/C14H18O6/c1-12-2-3-13(12,6-12)11(17)20-5-8-14(18)9(10(14)16)7(15)4-19-8/h8-10,16,18H,2-6H2,1H3/t8?,9-,10?,12?,13?,14?/m0/s1. The Morgan fingerprint density at radius 2 is 2.25 bits per heavy atom. The van der Waals surface area contributed by atoms with Gasteiger partial charge in [0.1, 0.15) is 24.9 Å². The van der Waals surface area contributed by atoms with Gasteiger partial charge < -0.3 is 19.7 Å². The predicted molar refractivity (Wildman–Crippen MR) is 64.5 cm³/mol. The summed E-state index contributed by atoms with van der Waals surface area (Å²) in [6, 6.07) is 0. The Hall–Kier alpha value is -0.980. The maximum atomic E-state index is 12.1. The highest BCUT2D eigenvalue weighted by Crippen LogP contribution is 2.77. The van der Waals surface area contributed by atoms with Crippen LogP contribution in [0.4, 0.5) is 0 Å². The summed E-state index contributed by atoms with van der Waals surface area (Å²) < 4.78 is 10.5. The number of esters is 1. The first-order valence-electron chi connectivity index (χ1n) is 7.07. The van der Waals surface area contributed by atoms with Gasteiger partial charge in [0.15, 0.2) is 5.78 Å². The molecular formula is C14H18O6. The van der Waals surface area contributed by atoms with E-state index in [1.807, 2.05) is 0 Å². The van der Waals surface area contributed by atoms with Crippen LogP contribution < -0.4 is 0 Å². The molecule has 0 bridgehead atoms. The van der Waals surface area contributed by atoms with E-state index in [0.29, 0.717) is 0 Å². The first kappa shape index (κ1) is 12.7. The van der Waals surface area contributed by atoms with E-state index in [2.05, 4.69) is 6.92 Å². The van der Waals surface area contributed by atoms with Crippen molar-refractivity contribution in [2.75, 3.05) is 13.2 Å². The Kier molecular flexibility index (Phi) is 2.18. The molecule has 6 nitrogen and oxygen atoms in total. The van der Waals surface area contributed by atoms with Crippen molar-refractivity contribution in [1.29, 1.82) is 0 Å². The Morgan fingerprint density at radius 3 is 2.80 bits per heavy atom. The molecule has 0 amide bonds. The zero-order chi connectivity index (χ0) is 14.3. The van der Waals surface area contributed by atoms with E-state index in [-0.39, 0.29) is 35.8 Å². The lowest BCUT2D eigenvalue weighted by molar-refractivity contribution is -0.171. The van der Waals surface area contributed by atoms with Crippen molar-refractivity contribution in [2.24, 2.45) is 16.7 Å². The van der Waals surface area contributed by atoms with Gasteiger partial charge in [0.25, 0.3) is 0 Å². The van der Waals surface area contributed by atoms with Crippen LogP contribution in [0, 0.1) is 16.7 Å². The lowest BCUT2D eigenvalue weighted by atomic mass is 9.75. The third-order valence-electron chi connectivity index (χ3n) is 6.05. The molecule has 4 aliphatic rings. The third-order valence-corrected chi connectivity index (χ3v) is 6.05. The summed E-state index contributed by atoms with van der Waals surface area (Å²) in [5.74, 6) is -1.31. The van der Waals surface area contributed by atoms with Gasteiger partial charge in [-0.2, -0.15) is 0 Å². The molecule has 3 aliphatic carbocycles. The minimum atomic E-state index is -1.57. The SMILES string of the molecule is CC12CCC1(C(=O)OCC1OCC(=O)[C@H]3C(O)C13O)C2. The van der Waals surface area contributed by atoms with Crippen LogP contribution >= 0.6 is 0 Å². The average Bonchev–Trinajstić information content (AvgIpc) is 3.12. The number of aliphatic hydroxyl groups excluding tert-OH is 1. The fourth-order valence-corrected chi connectivity index (χ4v) is 4.15. The van der Waals surface area contributed by atoms with E-state index < -0.39 is 23.7 Å². The fourth-order valence-electron chi connectivity index (χ4n) is 4.15. The van der Waals surface area contributed by atoms with Crippen molar-refractivity contribution in [3.8, 4) is 0 Å². The van der Waals surface area contributed by atoms with Crippen LogP contribution in [0.2, 0.25) is 0 Å². The van der Waals surface area contributed by atoms with Gasteiger partial charge in [0.05, 0.1) is 17.4 Å². The molecule has 110 valence electrons. The molecule has 0 radical (unpaired) electrons. The quantitative estimate of drug-likeness (QED) is 0.672. The van der Waals surface area contributed by atoms with Crippen LogP contribution in [-0.2, 0) is 19.1 Å². The number of hydrogen-bond donors (Lipinski definition) is 2. The molecule has 3 saturated carbocycles. The minimum Gasteiger partial charge on any atom is -0.462 e. The van der Waals surface area contributed by atoms with Gasteiger partial charge in [0.2, 0.25) is 0 Å². The summed E-state index contributed by atoms with van der Waals surface area (Å²) in [4.78, 5) is 23.6. The Balaban J connectivity index is 1.39. The largest absolute Gasteiger partial charge is 0.462 e. The number of hydrogen-bond acceptors (Lipinski definition) is 6. The molecule has 1 saturated heterocycles. The smallest absolute Gasteiger partial charge is 0.312 e. The molecule has 6 atom stereocenters. The van der Waals surface area contributed by atoms with Gasteiger partial charge in [-0.1, -0.05) is 6.92 Å². The lowest BCUT2D eigenvalue weighted by Gasteiger charge is -2.32. The van der Waals surface area contributed by atoms with Crippen LogP contribution in [0.15, 0.2) is 0 Å². The molecular weight excluding hydrogens is 264 g/mol. The maximum absolute atomic E-state index is 12.1. The number of Topliss-reactive ketones (excluding diaryl/α,β-unsaturated/α-hetero) is 1. The zero-order valence-corrected chi connectivity index (χ0v) is 11.3. The molecule has 0 aromatic carbocycles. The number of carbonyl (C=O) groups excluding carboxylic acids is 2. The summed E-state index contributed by atoms with van der Waals surface area (Å²) in [5, 5.41) is 19.9. The fraction of sp³-hybridized carbons (Fsp3) is 0.857. The molecule has 5 unspecified atom stereocenters. The number of fused-ring (bicyclic) bond motifs is 2. The van der Waals surface area contributed by atoms with Crippen molar-refractivity contribution in [1.82, 2.24) is 0 Å². The highest BCUT2D eigenvalue weighted by Gasteiger charge is 2.77. The maximum Gasteiger partial charge on any atom is 0.312 e. The van der Waals surface area contributed by atoms with Crippen molar-refractivity contribution in [3.63, 3.8) is 0 Å².